The van der Waals surface area contributed by atoms with Gasteiger partial charge in [0.25, 0.3) is 10.0 Å². The number of sulfonamides is 1. The lowest BCUT2D eigenvalue weighted by Crippen LogP contribution is -2.46. The molecule has 0 spiro atoms. The van der Waals surface area contributed by atoms with E-state index < -0.39 is 46.8 Å². The predicted octanol–water partition coefficient (Wildman–Crippen LogP) is 1.83. The van der Waals surface area contributed by atoms with Crippen LogP contribution in [0.1, 0.15) is 31.1 Å². The molecule has 1 unspecified atom stereocenters. The number of amides is 1. The summed E-state index contributed by atoms with van der Waals surface area (Å²) in [6, 6.07) is 9.10. The number of nitrogens with zero attached hydrogens (tertiary/aromatic N) is 4. The van der Waals surface area contributed by atoms with Gasteiger partial charge >= 0.3 is 5.97 Å². The summed E-state index contributed by atoms with van der Waals surface area (Å²) >= 11 is 0.918. The molecule has 4 aromatic rings. The number of carbonyl (C=O) groups excluding carboxylic acids is 1. The van der Waals surface area contributed by atoms with Gasteiger partial charge in [0.1, 0.15) is 55.3 Å². The number of nitrogens with one attached hydrogen (secondary N) is 1. The number of hydrogen-bond donors (Lipinski definition) is 4. The molecule has 0 radical (unpaired) electrons. The largest absolute Gasteiger partial charge is 0.491 e. The zero-order valence-corrected chi connectivity index (χ0v) is 25.3. The molecule has 2 aromatic heterocycles. The number of carboxylic acids is 1. The topological polar surface area (TPSA) is 209 Å². The van der Waals surface area contributed by atoms with Crippen molar-refractivity contribution in [2.45, 2.75) is 49.4 Å². The number of hydrogen-bond acceptors (Lipinski definition) is 11. The molecule has 0 aliphatic heterocycles. The number of rotatable bonds is 15. The molecule has 0 saturated heterocycles. The molecular formula is C27H31FN6O8S2. The Morgan fingerprint density at radius 2 is 1.84 bits per heavy atom. The minimum absolute atomic E-state index is 0.0109. The minimum atomic E-state index is -3.93. The average molecular weight is 651 g/mol. The van der Waals surface area contributed by atoms with Crippen molar-refractivity contribution in [3.8, 4) is 11.5 Å². The van der Waals surface area contributed by atoms with Crippen molar-refractivity contribution in [3.05, 3.63) is 59.9 Å². The molecule has 44 heavy (non-hydrogen) atoms. The van der Waals surface area contributed by atoms with Crippen LogP contribution in [0.4, 0.5) is 4.39 Å². The van der Waals surface area contributed by atoms with Crippen molar-refractivity contribution in [1.29, 1.82) is 0 Å². The lowest BCUT2D eigenvalue weighted by Gasteiger charge is -2.23. The molecule has 0 saturated carbocycles. The van der Waals surface area contributed by atoms with Gasteiger partial charge in [-0.15, -0.1) is 16.4 Å². The summed E-state index contributed by atoms with van der Waals surface area (Å²) in [5.41, 5.74) is 1.46. The summed E-state index contributed by atoms with van der Waals surface area (Å²) in [6.07, 6.45) is 0.278. The number of aliphatic hydroxyl groups is 1. The highest BCUT2D eigenvalue weighted by Crippen LogP contribution is 2.28. The maximum Gasteiger partial charge on any atom is 0.326 e. The van der Waals surface area contributed by atoms with E-state index in [4.69, 9.17) is 14.6 Å². The summed E-state index contributed by atoms with van der Waals surface area (Å²) in [4.78, 5) is 29.3. The first-order valence-electron chi connectivity index (χ1n) is 13.3. The van der Waals surface area contributed by atoms with E-state index in [1.54, 1.807) is 56.3 Å². The first-order valence-corrected chi connectivity index (χ1v) is 15.7. The Bertz CT molecular complexity index is 1710. The van der Waals surface area contributed by atoms with Crippen molar-refractivity contribution in [1.82, 2.24) is 25.3 Å². The van der Waals surface area contributed by atoms with Crippen LogP contribution in [-0.4, -0.2) is 75.9 Å². The fourth-order valence-electron chi connectivity index (χ4n) is 4.15. The lowest BCUT2D eigenvalue weighted by molar-refractivity contribution is -0.142. The number of fused-ring (bicyclic) bond motifs is 1. The first kappa shape index (κ1) is 32.7. The second-order valence-corrected chi connectivity index (χ2v) is 13.0. The van der Waals surface area contributed by atoms with Crippen LogP contribution in [0.3, 0.4) is 0 Å². The number of primary sulfonamides is 1. The van der Waals surface area contributed by atoms with E-state index in [2.05, 4.69) is 20.6 Å². The minimum Gasteiger partial charge on any atom is -0.491 e. The third-order valence-corrected chi connectivity index (χ3v) is 8.65. The van der Waals surface area contributed by atoms with Gasteiger partial charge in [0, 0.05) is 6.42 Å². The Labute approximate surface area is 255 Å². The summed E-state index contributed by atoms with van der Waals surface area (Å²) in [6.45, 7) is 2.41. The molecule has 0 bridgehead atoms. The molecule has 17 heteroatoms. The number of alkyl halides is 1. The van der Waals surface area contributed by atoms with E-state index >= 15 is 0 Å². The number of carbonyl (C=O) groups is 2. The van der Waals surface area contributed by atoms with Crippen LogP contribution < -0.4 is 19.9 Å². The number of ether oxygens (including phenoxy) is 2. The molecule has 14 nitrogen and oxygen atoms in total. The number of thiazole rings is 1. The molecule has 0 aliphatic rings. The predicted molar refractivity (Wildman–Crippen MR) is 156 cm³/mol. The summed E-state index contributed by atoms with van der Waals surface area (Å²) < 4.78 is 48.3. The standard InChI is InChI=1S/C27H31FN6O8S2/c1-15(2)24(25(36)30-22(26(37)38)9-16-3-5-19(6-4-16)42-14-18(35)11-28)34-12-17(32-33-34)13-41-20-7-8-21-23(10-20)43-27(31-21)44(29,39)40/h3-8,10,12,15,18,22,24,35H,9,11,13-14H2,1-2H3,(H,30,36)(H,37,38)(H2,29,39,40)/t18?,22-,24-/m0/s1. The Morgan fingerprint density at radius 1 is 1.14 bits per heavy atom. The average Bonchev–Trinajstić information content (AvgIpc) is 3.62. The SMILES string of the molecule is CC(C)[C@@H](C(=O)N[C@@H](Cc1ccc(OCC(O)CF)cc1)C(=O)O)n1cc(COc2ccc3nc(S(N)(=O)=O)sc3c2)nn1. The lowest BCUT2D eigenvalue weighted by atomic mass is 10.0. The number of aliphatic hydroxyl groups excluding tert-OH is 1. The molecule has 5 N–H and O–H groups in total. The number of aliphatic carboxylic acids is 1. The third kappa shape index (κ3) is 8.46. The van der Waals surface area contributed by atoms with Crippen LogP contribution in [0.5, 0.6) is 11.5 Å². The first-order chi connectivity index (χ1) is 20.8. The summed E-state index contributed by atoms with van der Waals surface area (Å²) in [5.74, 6) is -1.27. The normalized spacial score (nSPS) is 13.9. The van der Waals surface area contributed by atoms with Gasteiger partial charge in [0.15, 0.2) is 0 Å². The van der Waals surface area contributed by atoms with Gasteiger partial charge in [-0.05, 0) is 41.8 Å². The van der Waals surface area contributed by atoms with Crippen molar-refractivity contribution in [2.75, 3.05) is 13.3 Å². The maximum atomic E-state index is 13.3. The molecule has 3 atom stereocenters. The third-order valence-electron chi connectivity index (χ3n) is 6.31. The smallest absolute Gasteiger partial charge is 0.326 e. The van der Waals surface area contributed by atoms with E-state index in [0.29, 0.717) is 33.0 Å². The fraction of sp³-hybridized carbons (Fsp3) is 0.370. The van der Waals surface area contributed by atoms with Gasteiger partial charge in [0.2, 0.25) is 10.2 Å². The molecule has 0 fully saturated rings. The van der Waals surface area contributed by atoms with Crippen LogP contribution in [0.25, 0.3) is 10.2 Å². The van der Waals surface area contributed by atoms with Crippen molar-refractivity contribution >= 4 is 43.5 Å². The summed E-state index contributed by atoms with van der Waals surface area (Å²) in [5, 5.41) is 35.0. The second kappa shape index (κ2) is 14.1. The van der Waals surface area contributed by atoms with Crippen LogP contribution in [-0.2, 0) is 32.6 Å². The van der Waals surface area contributed by atoms with Crippen LogP contribution in [0.2, 0.25) is 0 Å². The van der Waals surface area contributed by atoms with E-state index in [-0.39, 0.29) is 29.9 Å². The Kier molecular flexibility index (Phi) is 10.5. The Hall–Kier alpha value is -4.19. The quantitative estimate of drug-likeness (QED) is 0.146. The monoisotopic (exact) mass is 650 g/mol. The summed E-state index contributed by atoms with van der Waals surface area (Å²) in [7, 11) is -3.93. The molecule has 2 aromatic carbocycles. The number of aromatic nitrogens is 4. The fourth-order valence-corrected chi connectivity index (χ4v) is 5.83. The van der Waals surface area contributed by atoms with Gasteiger partial charge in [-0.3, -0.25) is 4.79 Å². The van der Waals surface area contributed by atoms with E-state index in [0.717, 1.165) is 11.3 Å². The number of nitrogens with two attached hydrogens (primary N) is 1. The van der Waals surface area contributed by atoms with Gasteiger partial charge in [0.05, 0.1) is 16.4 Å². The van der Waals surface area contributed by atoms with E-state index in [1.807, 2.05) is 0 Å². The zero-order chi connectivity index (χ0) is 32.0. The van der Waals surface area contributed by atoms with Gasteiger partial charge in [-0.2, -0.15) is 0 Å². The van der Waals surface area contributed by atoms with Crippen molar-refractivity contribution in [2.24, 2.45) is 11.1 Å². The molecular weight excluding hydrogens is 619 g/mol. The maximum absolute atomic E-state index is 13.3. The number of carboxylic acid groups (broad SMARTS) is 1. The van der Waals surface area contributed by atoms with E-state index in [1.165, 1.54) is 10.9 Å². The van der Waals surface area contributed by atoms with E-state index in [9.17, 15) is 32.6 Å². The van der Waals surface area contributed by atoms with Gasteiger partial charge in [-0.1, -0.05) is 31.2 Å². The van der Waals surface area contributed by atoms with Crippen LogP contribution in [0.15, 0.2) is 53.0 Å². The van der Waals surface area contributed by atoms with Crippen LogP contribution >= 0.6 is 11.3 Å². The van der Waals surface area contributed by atoms with Crippen LogP contribution in [0, 0.1) is 5.92 Å². The molecule has 1 amide bonds. The highest BCUT2D eigenvalue weighted by atomic mass is 32.2. The van der Waals surface area contributed by atoms with Crippen molar-refractivity contribution < 1.29 is 42.1 Å². The number of halogens is 1. The highest BCUT2D eigenvalue weighted by Gasteiger charge is 2.30. The van der Waals surface area contributed by atoms with Crippen molar-refractivity contribution in [3.63, 3.8) is 0 Å². The zero-order valence-electron chi connectivity index (χ0n) is 23.7. The second-order valence-electron chi connectivity index (χ2n) is 10.2. The number of benzene rings is 2. The van der Waals surface area contributed by atoms with Gasteiger partial charge in [-0.25, -0.2) is 32.4 Å². The molecule has 0 aliphatic carbocycles. The molecule has 4 rings (SSSR count). The molecule has 236 valence electrons. The highest BCUT2D eigenvalue weighted by molar-refractivity contribution is 7.91. The Balaban J connectivity index is 1.39. The Morgan fingerprint density at radius 3 is 2.48 bits per heavy atom. The molecule has 2 heterocycles. The van der Waals surface area contributed by atoms with Gasteiger partial charge < -0.3 is 25.0 Å².